The van der Waals surface area contributed by atoms with E-state index >= 15 is 0 Å². The lowest BCUT2D eigenvalue weighted by Gasteiger charge is -2.06. The molecule has 14 heavy (non-hydrogen) atoms. The van der Waals surface area contributed by atoms with Gasteiger partial charge < -0.3 is 5.32 Å². The molecule has 1 fully saturated rings. The van der Waals surface area contributed by atoms with Crippen LogP contribution in [0, 0.1) is 0 Å². The zero-order valence-corrected chi connectivity index (χ0v) is 9.79. The number of nitrogens with one attached hydrogen (secondary N) is 1. The number of rotatable bonds is 2. The van der Waals surface area contributed by atoms with E-state index in [1.165, 1.54) is 17.5 Å². The van der Waals surface area contributed by atoms with Gasteiger partial charge in [0, 0.05) is 18.1 Å². The summed E-state index contributed by atoms with van der Waals surface area (Å²) in [6.07, 6.45) is 2.22. The van der Waals surface area contributed by atoms with Gasteiger partial charge in [0.25, 0.3) is 0 Å². The van der Waals surface area contributed by atoms with Crippen LogP contribution in [0.1, 0.15) is 6.42 Å². The van der Waals surface area contributed by atoms with Crippen LogP contribution in [0.3, 0.4) is 0 Å². The summed E-state index contributed by atoms with van der Waals surface area (Å²) in [7, 11) is -3.15. The smallest absolute Gasteiger partial charge is 0.209 e. The molecule has 0 amide bonds. The van der Waals surface area contributed by atoms with Crippen molar-refractivity contribution in [1.82, 2.24) is 10.3 Å². The maximum Gasteiger partial charge on any atom is 0.209 e. The van der Waals surface area contributed by atoms with Gasteiger partial charge in [-0.1, -0.05) is 0 Å². The molecule has 1 saturated heterocycles. The van der Waals surface area contributed by atoms with Gasteiger partial charge in [0.05, 0.1) is 5.25 Å². The van der Waals surface area contributed by atoms with Gasteiger partial charge in [-0.05, 0) is 13.0 Å². The van der Waals surface area contributed by atoms with Gasteiger partial charge in [0.2, 0.25) is 14.2 Å². The molecular weight excluding hydrogens is 244 g/mol. The van der Waals surface area contributed by atoms with E-state index in [2.05, 4.69) is 10.3 Å². The molecule has 1 aromatic heterocycles. The van der Waals surface area contributed by atoms with Gasteiger partial charge >= 0.3 is 0 Å². The molecule has 2 heterocycles. The van der Waals surface area contributed by atoms with Crippen LogP contribution in [-0.2, 0) is 9.84 Å². The second-order valence-corrected chi connectivity index (χ2v) is 6.25. The number of halogens is 1. The van der Waals surface area contributed by atoms with Crippen LogP contribution in [0.25, 0.3) is 0 Å². The molecule has 0 spiro atoms. The van der Waals surface area contributed by atoms with Gasteiger partial charge in [0.15, 0.2) is 0 Å². The van der Waals surface area contributed by atoms with E-state index in [0.717, 1.165) is 6.54 Å². The van der Waals surface area contributed by atoms with Crippen LogP contribution in [0.2, 0.25) is 0 Å². The van der Waals surface area contributed by atoms with Crippen molar-refractivity contribution in [3.63, 3.8) is 0 Å². The highest BCUT2D eigenvalue weighted by molar-refractivity contribution is 7.93. The minimum absolute atomic E-state index is 0. The van der Waals surface area contributed by atoms with Crippen LogP contribution >= 0.6 is 23.7 Å². The lowest BCUT2D eigenvalue weighted by Crippen LogP contribution is -2.23. The third kappa shape index (κ3) is 2.08. The van der Waals surface area contributed by atoms with Crippen molar-refractivity contribution in [1.29, 1.82) is 0 Å². The van der Waals surface area contributed by atoms with E-state index in [9.17, 15) is 8.42 Å². The Bertz CT molecular complexity index is 370. The lowest BCUT2D eigenvalue weighted by molar-refractivity contribution is 0.582. The van der Waals surface area contributed by atoms with E-state index in [-0.39, 0.29) is 22.0 Å². The molecule has 1 aliphatic heterocycles. The van der Waals surface area contributed by atoms with E-state index in [1.54, 1.807) is 5.38 Å². The Kier molecular flexibility index (Phi) is 3.88. The van der Waals surface area contributed by atoms with Crippen LogP contribution in [-0.4, -0.2) is 31.7 Å². The van der Waals surface area contributed by atoms with Crippen molar-refractivity contribution in [3.8, 4) is 0 Å². The number of thiazole rings is 1. The zero-order chi connectivity index (χ0) is 9.31. The van der Waals surface area contributed by atoms with E-state index in [0.29, 0.717) is 13.0 Å². The van der Waals surface area contributed by atoms with Crippen LogP contribution in [0.4, 0.5) is 0 Å². The molecule has 80 valence electrons. The number of sulfone groups is 1. The van der Waals surface area contributed by atoms with E-state index < -0.39 is 9.84 Å². The fourth-order valence-electron chi connectivity index (χ4n) is 1.39. The zero-order valence-electron chi connectivity index (χ0n) is 7.34. The summed E-state index contributed by atoms with van der Waals surface area (Å²) in [6.45, 7) is 1.34. The molecule has 0 aliphatic carbocycles. The summed E-state index contributed by atoms with van der Waals surface area (Å²) in [4.78, 5) is 3.84. The fraction of sp³-hybridized carbons (Fsp3) is 0.571. The van der Waals surface area contributed by atoms with Gasteiger partial charge in [-0.15, -0.1) is 23.7 Å². The largest absolute Gasteiger partial charge is 0.315 e. The SMILES string of the molecule is Cl.O=S(=O)(c1nccs1)[C@@H]1CCNC1. The summed E-state index contributed by atoms with van der Waals surface area (Å²) in [6, 6.07) is 0. The first-order valence-electron chi connectivity index (χ1n) is 4.05. The molecule has 2 rings (SSSR count). The summed E-state index contributed by atoms with van der Waals surface area (Å²) < 4.78 is 23.9. The minimum Gasteiger partial charge on any atom is -0.315 e. The summed E-state index contributed by atoms with van der Waals surface area (Å²) >= 11 is 1.19. The Labute approximate surface area is 93.1 Å². The summed E-state index contributed by atoms with van der Waals surface area (Å²) in [5.74, 6) is 0. The molecule has 0 aromatic carbocycles. The van der Waals surface area contributed by atoms with Crippen molar-refractivity contribution in [2.45, 2.75) is 16.0 Å². The fourth-order valence-corrected chi connectivity index (χ4v) is 4.12. The Morgan fingerprint density at radius 3 is 2.86 bits per heavy atom. The highest BCUT2D eigenvalue weighted by atomic mass is 35.5. The van der Waals surface area contributed by atoms with Crippen LogP contribution in [0.5, 0.6) is 0 Å². The Balaban J connectivity index is 0.000000980. The first-order valence-corrected chi connectivity index (χ1v) is 6.48. The van der Waals surface area contributed by atoms with Crippen molar-refractivity contribution in [2.75, 3.05) is 13.1 Å². The topological polar surface area (TPSA) is 59.1 Å². The first kappa shape index (κ1) is 11.9. The molecule has 4 nitrogen and oxygen atoms in total. The third-order valence-corrected chi connectivity index (χ3v) is 5.53. The molecule has 1 aliphatic rings. The lowest BCUT2D eigenvalue weighted by atomic mass is 10.4. The normalized spacial score (nSPS) is 21.9. The van der Waals surface area contributed by atoms with E-state index in [4.69, 9.17) is 0 Å². The molecule has 0 radical (unpaired) electrons. The maximum absolute atomic E-state index is 11.8. The number of nitrogens with zero attached hydrogens (tertiary/aromatic N) is 1. The molecular formula is C7H11ClN2O2S2. The number of aromatic nitrogens is 1. The second kappa shape index (κ2) is 4.57. The van der Waals surface area contributed by atoms with Crippen molar-refractivity contribution >= 4 is 33.6 Å². The van der Waals surface area contributed by atoms with Crippen molar-refractivity contribution in [3.05, 3.63) is 11.6 Å². The maximum atomic E-state index is 11.8. The molecule has 1 aromatic rings. The Morgan fingerprint density at radius 2 is 2.36 bits per heavy atom. The third-order valence-electron chi connectivity index (χ3n) is 2.11. The molecule has 7 heteroatoms. The van der Waals surface area contributed by atoms with E-state index in [1.807, 2.05) is 0 Å². The number of hydrogen-bond donors (Lipinski definition) is 1. The van der Waals surface area contributed by atoms with Gasteiger partial charge in [-0.2, -0.15) is 0 Å². The predicted molar refractivity (Wildman–Crippen MR) is 57.8 cm³/mol. The highest BCUT2D eigenvalue weighted by Gasteiger charge is 2.31. The average Bonchev–Trinajstić information content (AvgIpc) is 2.78. The van der Waals surface area contributed by atoms with Crippen LogP contribution in [0.15, 0.2) is 15.9 Å². The monoisotopic (exact) mass is 254 g/mol. The molecule has 0 bridgehead atoms. The number of hydrogen-bond acceptors (Lipinski definition) is 5. The standard InChI is InChI=1S/C7H10N2O2S2.ClH/c10-13(11,6-1-2-8-5-6)7-9-3-4-12-7;/h3-4,6,8H,1-2,5H2;1H/t6-;/m1./s1. The van der Waals surface area contributed by atoms with Crippen molar-refractivity contribution < 1.29 is 8.42 Å². The quantitative estimate of drug-likeness (QED) is 0.844. The van der Waals surface area contributed by atoms with Gasteiger partial charge in [-0.25, -0.2) is 13.4 Å². The summed E-state index contributed by atoms with van der Waals surface area (Å²) in [5, 5.41) is 4.45. The first-order chi connectivity index (χ1) is 6.21. The Hall–Kier alpha value is -0.170. The van der Waals surface area contributed by atoms with Gasteiger partial charge in [-0.3, -0.25) is 0 Å². The Morgan fingerprint density at radius 1 is 1.57 bits per heavy atom. The highest BCUT2D eigenvalue weighted by Crippen LogP contribution is 2.21. The molecule has 0 saturated carbocycles. The minimum atomic E-state index is -3.15. The predicted octanol–water partition coefficient (Wildman–Crippen LogP) is 0.700. The van der Waals surface area contributed by atoms with Gasteiger partial charge in [0.1, 0.15) is 0 Å². The molecule has 1 atom stereocenters. The van der Waals surface area contributed by atoms with Crippen molar-refractivity contribution in [2.24, 2.45) is 0 Å². The second-order valence-electron chi connectivity index (χ2n) is 2.96. The molecule has 1 N–H and O–H groups in total. The summed E-state index contributed by atoms with van der Waals surface area (Å²) in [5.41, 5.74) is 0. The molecule has 0 unspecified atom stereocenters. The van der Waals surface area contributed by atoms with Crippen LogP contribution < -0.4 is 5.32 Å². The average molecular weight is 255 g/mol.